The van der Waals surface area contributed by atoms with Gasteiger partial charge in [0.2, 0.25) is 5.91 Å². The summed E-state index contributed by atoms with van der Waals surface area (Å²) in [6.45, 7) is 0. The van der Waals surface area contributed by atoms with Crippen molar-refractivity contribution < 1.29 is 4.79 Å². The van der Waals surface area contributed by atoms with E-state index in [1.165, 1.54) is 0 Å². The lowest BCUT2D eigenvalue weighted by Gasteiger charge is -2.25. The third-order valence-electron chi connectivity index (χ3n) is 3.77. The molecule has 0 N–H and O–H groups in total. The van der Waals surface area contributed by atoms with Crippen LogP contribution in [-0.2, 0) is 4.79 Å². The summed E-state index contributed by atoms with van der Waals surface area (Å²) < 4.78 is 0. The van der Waals surface area contributed by atoms with Crippen molar-refractivity contribution in [2.75, 3.05) is 17.7 Å². The van der Waals surface area contributed by atoms with E-state index >= 15 is 0 Å². The summed E-state index contributed by atoms with van der Waals surface area (Å²) in [7, 11) is 1.83. The van der Waals surface area contributed by atoms with Crippen LogP contribution in [0.1, 0.15) is 0 Å². The van der Waals surface area contributed by atoms with Gasteiger partial charge in [-0.2, -0.15) is 0 Å². The van der Waals surface area contributed by atoms with Crippen molar-refractivity contribution in [3.05, 3.63) is 48.1 Å². The molecule has 1 amide bonds. The molecule has 0 radical (unpaired) electrons. The topological polar surface area (TPSA) is 46.1 Å². The van der Waals surface area contributed by atoms with Gasteiger partial charge < -0.3 is 4.90 Å². The van der Waals surface area contributed by atoms with Gasteiger partial charge in [0.15, 0.2) is 0 Å². The Kier molecular flexibility index (Phi) is 3.63. The van der Waals surface area contributed by atoms with Gasteiger partial charge in [-0.05, 0) is 24.3 Å². The van der Waals surface area contributed by atoms with E-state index in [1.807, 2.05) is 25.2 Å². The predicted molar refractivity (Wildman–Crippen MR) is 94.9 cm³/mol. The van der Waals surface area contributed by atoms with E-state index in [4.69, 9.17) is 4.98 Å². The van der Waals surface area contributed by atoms with Crippen LogP contribution in [0, 0.1) is 0 Å². The summed E-state index contributed by atoms with van der Waals surface area (Å²) in [6, 6.07) is 10.1. The van der Waals surface area contributed by atoms with Gasteiger partial charge >= 0.3 is 0 Å². The highest BCUT2D eigenvalue weighted by molar-refractivity contribution is 8.00. The van der Waals surface area contributed by atoms with E-state index in [-0.39, 0.29) is 5.91 Å². The number of anilines is 1. The number of hydrogen-bond donors (Lipinski definition) is 0. The van der Waals surface area contributed by atoms with Crippen LogP contribution < -0.4 is 4.90 Å². The number of rotatable bonds is 2. The second kappa shape index (κ2) is 5.79. The maximum atomic E-state index is 11.9. The number of carbonyl (C=O) groups is 1. The molecule has 0 saturated carbocycles. The Morgan fingerprint density at radius 3 is 2.78 bits per heavy atom. The summed E-state index contributed by atoms with van der Waals surface area (Å²) in [5.74, 6) is 0.640. The Morgan fingerprint density at radius 1 is 1.13 bits per heavy atom. The van der Waals surface area contributed by atoms with Gasteiger partial charge in [-0.1, -0.05) is 6.07 Å². The lowest BCUT2D eigenvalue weighted by molar-refractivity contribution is -0.116. The van der Waals surface area contributed by atoms with Gasteiger partial charge in [0, 0.05) is 40.8 Å². The molecule has 0 spiro atoms. The molecule has 1 aliphatic heterocycles. The minimum Gasteiger partial charge on any atom is -0.314 e. The van der Waals surface area contributed by atoms with Crippen molar-refractivity contribution in [1.29, 1.82) is 0 Å². The number of carbonyl (C=O) groups excluding carboxylic acids is 1. The number of pyridine rings is 1. The summed E-state index contributed by atoms with van der Waals surface area (Å²) in [5, 5.41) is 3.02. The van der Waals surface area contributed by atoms with E-state index in [9.17, 15) is 4.79 Å². The van der Waals surface area contributed by atoms with Crippen LogP contribution in [0.5, 0.6) is 0 Å². The first-order valence-corrected chi connectivity index (χ1v) is 8.98. The number of thiazole rings is 1. The first-order valence-electron chi connectivity index (χ1n) is 7.12. The van der Waals surface area contributed by atoms with Crippen LogP contribution >= 0.6 is 23.1 Å². The monoisotopic (exact) mass is 339 g/mol. The summed E-state index contributed by atoms with van der Waals surface area (Å²) in [6.07, 6.45) is 3.54. The smallest absolute Gasteiger partial charge is 0.237 e. The number of aromatic nitrogens is 2. The molecule has 2 aromatic heterocycles. The SMILES string of the molecule is CN1C(=O)CSc2ccc(-c3csc(-c4ccncc4)n3)cc21. The highest BCUT2D eigenvalue weighted by Crippen LogP contribution is 2.38. The zero-order chi connectivity index (χ0) is 15.8. The lowest BCUT2D eigenvalue weighted by Crippen LogP contribution is -2.31. The standard InChI is InChI=1S/C17H13N3OS2/c1-20-14-8-12(2-3-15(14)22-10-16(20)21)13-9-23-17(19-13)11-4-6-18-7-5-11/h2-9H,10H2,1H3. The molecule has 3 heterocycles. The van der Waals surface area contributed by atoms with E-state index in [0.29, 0.717) is 5.75 Å². The van der Waals surface area contributed by atoms with Crippen LogP contribution in [0.3, 0.4) is 0 Å². The van der Waals surface area contributed by atoms with Crippen molar-refractivity contribution in [2.45, 2.75) is 4.90 Å². The molecule has 1 aliphatic rings. The highest BCUT2D eigenvalue weighted by atomic mass is 32.2. The fourth-order valence-corrected chi connectivity index (χ4v) is 4.28. The molecule has 0 unspecified atom stereocenters. The Morgan fingerprint density at radius 2 is 1.96 bits per heavy atom. The zero-order valence-electron chi connectivity index (χ0n) is 12.4. The maximum absolute atomic E-state index is 11.9. The van der Waals surface area contributed by atoms with E-state index in [1.54, 1.807) is 40.4 Å². The highest BCUT2D eigenvalue weighted by Gasteiger charge is 2.22. The normalized spacial score (nSPS) is 14.0. The zero-order valence-corrected chi connectivity index (χ0v) is 14.0. The van der Waals surface area contributed by atoms with Crippen LogP contribution in [0.2, 0.25) is 0 Å². The summed E-state index contributed by atoms with van der Waals surface area (Å²) in [5.41, 5.74) is 3.99. The fraction of sp³-hybridized carbons (Fsp3) is 0.118. The van der Waals surface area contributed by atoms with Gasteiger partial charge in [-0.15, -0.1) is 23.1 Å². The number of amides is 1. The third kappa shape index (κ3) is 2.64. The van der Waals surface area contributed by atoms with Gasteiger partial charge in [-0.3, -0.25) is 9.78 Å². The molecule has 0 bridgehead atoms. The van der Waals surface area contributed by atoms with Crippen molar-refractivity contribution >= 4 is 34.7 Å². The van der Waals surface area contributed by atoms with E-state index < -0.39 is 0 Å². The molecule has 0 atom stereocenters. The molecular formula is C17H13N3OS2. The van der Waals surface area contributed by atoms with Crippen molar-refractivity contribution in [3.8, 4) is 21.8 Å². The van der Waals surface area contributed by atoms with E-state index in [0.717, 1.165) is 32.4 Å². The molecule has 0 aliphatic carbocycles. The Hall–Kier alpha value is -2.18. The fourth-order valence-electron chi connectivity index (χ4n) is 2.46. The average Bonchev–Trinajstić information content (AvgIpc) is 3.09. The molecule has 1 aromatic carbocycles. The first-order chi connectivity index (χ1) is 11.2. The Labute approximate surface area is 142 Å². The van der Waals surface area contributed by atoms with Crippen LogP contribution in [0.25, 0.3) is 21.8 Å². The number of benzene rings is 1. The molecule has 0 saturated heterocycles. The molecule has 0 fully saturated rings. The van der Waals surface area contributed by atoms with Gasteiger partial charge in [0.25, 0.3) is 0 Å². The molecule has 23 heavy (non-hydrogen) atoms. The number of fused-ring (bicyclic) bond motifs is 1. The largest absolute Gasteiger partial charge is 0.314 e. The van der Waals surface area contributed by atoms with Gasteiger partial charge in [-0.25, -0.2) is 4.98 Å². The third-order valence-corrected chi connectivity index (χ3v) is 5.71. The summed E-state index contributed by atoms with van der Waals surface area (Å²) >= 11 is 3.20. The second-order valence-corrected chi connectivity index (χ2v) is 7.07. The number of nitrogens with zero attached hydrogens (tertiary/aromatic N) is 3. The quantitative estimate of drug-likeness (QED) is 0.709. The Balaban J connectivity index is 1.72. The molecule has 4 nitrogen and oxygen atoms in total. The molecular weight excluding hydrogens is 326 g/mol. The maximum Gasteiger partial charge on any atom is 0.237 e. The van der Waals surface area contributed by atoms with Crippen molar-refractivity contribution in [2.24, 2.45) is 0 Å². The first kappa shape index (κ1) is 14.4. The minimum absolute atomic E-state index is 0.135. The molecule has 114 valence electrons. The van der Waals surface area contributed by atoms with Gasteiger partial charge in [0.1, 0.15) is 5.01 Å². The van der Waals surface area contributed by atoms with Crippen molar-refractivity contribution in [1.82, 2.24) is 9.97 Å². The van der Waals surface area contributed by atoms with Crippen LogP contribution in [0.4, 0.5) is 5.69 Å². The number of thioether (sulfide) groups is 1. The number of hydrogen-bond acceptors (Lipinski definition) is 5. The van der Waals surface area contributed by atoms with Crippen LogP contribution in [-0.4, -0.2) is 28.7 Å². The minimum atomic E-state index is 0.135. The molecule has 3 aromatic rings. The second-order valence-electron chi connectivity index (χ2n) is 5.20. The van der Waals surface area contributed by atoms with Gasteiger partial charge in [0.05, 0.1) is 17.1 Å². The molecule has 6 heteroatoms. The van der Waals surface area contributed by atoms with Crippen molar-refractivity contribution in [3.63, 3.8) is 0 Å². The van der Waals surface area contributed by atoms with Crippen LogP contribution in [0.15, 0.2) is 53.0 Å². The molecule has 4 rings (SSSR count). The predicted octanol–water partition coefficient (Wildman–Crippen LogP) is 3.94. The lowest BCUT2D eigenvalue weighted by atomic mass is 10.1. The van der Waals surface area contributed by atoms with E-state index in [2.05, 4.69) is 22.5 Å². The summed E-state index contributed by atoms with van der Waals surface area (Å²) in [4.78, 5) is 23.5. The Bertz CT molecular complexity index is 877. The average molecular weight is 339 g/mol.